The van der Waals surface area contributed by atoms with E-state index in [1.165, 1.54) is 0 Å². The quantitative estimate of drug-likeness (QED) is 0.178. The predicted molar refractivity (Wildman–Crippen MR) is 133 cm³/mol. The molecule has 218 valence electrons. The molecule has 1 aliphatic rings. The van der Waals surface area contributed by atoms with Crippen molar-refractivity contribution in [1.29, 1.82) is 0 Å². The van der Waals surface area contributed by atoms with E-state index < -0.39 is 77.3 Å². The number of piperidine rings is 1. The van der Waals surface area contributed by atoms with Crippen molar-refractivity contribution >= 4 is 23.6 Å². The number of nitrogens with zero attached hydrogens (tertiary/aromatic N) is 1. The lowest BCUT2D eigenvalue weighted by Gasteiger charge is -2.32. The van der Waals surface area contributed by atoms with Crippen molar-refractivity contribution in [1.82, 2.24) is 10.2 Å². The first-order valence-corrected chi connectivity index (χ1v) is 13.0. The van der Waals surface area contributed by atoms with Gasteiger partial charge in [-0.1, -0.05) is 19.8 Å². The summed E-state index contributed by atoms with van der Waals surface area (Å²) in [5, 5.41) is 2.47. The third-order valence-electron chi connectivity index (χ3n) is 6.14. The van der Waals surface area contributed by atoms with Crippen molar-refractivity contribution in [2.75, 3.05) is 19.7 Å². The molecular formula is C27H36F4N2O6. The monoisotopic (exact) mass is 560 g/mol. The molecule has 39 heavy (non-hydrogen) atoms. The molecule has 1 N–H and O–H groups in total. The van der Waals surface area contributed by atoms with Crippen LogP contribution < -0.4 is 10.1 Å². The maximum Gasteiger partial charge on any atom is 0.308 e. The maximum absolute atomic E-state index is 13.9. The van der Waals surface area contributed by atoms with Crippen molar-refractivity contribution < 1.29 is 46.2 Å². The van der Waals surface area contributed by atoms with Crippen LogP contribution in [0.15, 0.2) is 6.07 Å². The summed E-state index contributed by atoms with van der Waals surface area (Å²) in [6.07, 6.45) is 3.25. The van der Waals surface area contributed by atoms with Crippen molar-refractivity contribution in [3.63, 3.8) is 0 Å². The molecule has 0 radical (unpaired) electrons. The summed E-state index contributed by atoms with van der Waals surface area (Å²) in [7, 11) is 0. The van der Waals surface area contributed by atoms with Crippen molar-refractivity contribution in [3.05, 3.63) is 29.3 Å². The Hall–Kier alpha value is -3.18. The average Bonchev–Trinajstić information content (AvgIpc) is 2.86. The third kappa shape index (κ3) is 9.81. The second kappa shape index (κ2) is 14.3. The number of benzene rings is 1. The normalized spacial score (nSPS) is 15.0. The Morgan fingerprint density at radius 1 is 1.03 bits per heavy atom. The fourth-order valence-corrected chi connectivity index (χ4v) is 4.08. The Kier molecular flexibility index (Phi) is 11.7. The molecule has 0 saturated carbocycles. The number of hydrogen-bond donors (Lipinski definition) is 1. The van der Waals surface area contributed by atoms with Crippen LogP contribution in [-0.2, 0) is 23.9 Å². The molecule has 1 aromatic rings. The number of ether oxygens (including phenoxy) is 2. The Balaban J connectivity index is 2.07. The van der Waals surface area contributed by atoms with Crippen LogP contribution in [-0.4, -0.2) is 59.8 Å². The minimum Gasteiger partial charge on any atom is -0.479 e. The van der Waals surface area contributed by atoms with Gasteiger partial charge in [-0.3, -0.25) is 19.2 Å². The first kappa shape index (κ1) is 32.0. The number of likely N-dealkylation sites (tertiary alicyclic amines) is 1. The van der Waals surface area contributed by atoms with Crippen molar-refractivity contribution in [3.8, 4) is 5.75 Å². The van der Waals surface area contributed by atoms with Gasteiger partial charge in [0.15, 0.2) is 23.2 Å². The van der Waals surface area contributed by atoms with Crippen LogP contribution in [0.25, 0.3) is 0 Å². The lowest BCUT2D eigenvalue weighted by atomic mass is 9.94. The summed E-state index contributed by atoms with van der Waals surface area (Å²) in [5.41, 5.74) is -0.896. The van der Waals surface area contributed by atoms with Crippen LogP contribution in [0.2, 0.25) is 0 Å². The number of unbranched alkanes of at least 4 members (excludes halogenated alkanes) is 2. The highest BCUT2D eigenvalue weighted by Crippen LogP contribution is 2.26. The minimum atomic E-state index is -1.83. The van der Waals surface area contributed by atoms with Gasteiger partial charge in [0.2, 0.25) is 23.4 Å². The number of carbonyl (C=O) groups is 4. The summed E-state index contributed by atoms with van der Waals surface area (Å²) >= 11 is 0. The Morgan fingerprint density at radius 2 is 1.62 bits per heavy atom. The molecule has 1 aromatic carbocycles. The van der Waals surface area contributed by atoms with E-state index in [4.69, 9.17) is 9.47 Å². The van der Waals surface area contributed by atoms with Gasteiger partial charge in [0.1, 0.15) is 18.2 Å². The fraction of sp³-hybridized carbons (Fsp3) is 0.630. The van der Waals surface area contributed by atoms with Gasteiger partial charge in [-0.15, -0.1) is 0 Å². The topological polar surface area (TPSA) is 102 Å². The van der Waals surface area contributed by atoms with E-state index in [0.29, 0.717) is 32.4 Å². The molecule has 1 aliphatic heterocycles. The second-order valence-electron chi connectivity index (χ2n) is 10.5. The van der Waals surface area contributed by atoms with E-state index in [1.807, 2.05) is 6.92 Å². The summed E-state index contributed by atoms with van der Waals surface area (Å²) < 4.78 is 64.8. The summed E-state index contributed by atoms with van der Waals surface area (Å²) in [6, 6.07) is -1.50. The van der Waals surface area contributed by atoms with E-state index in [-0.39, 0.29) is 12.0 Å². The average molecular weight is 561 g/mol. The second-order valence-corrected chi connectivity index (χ2v) is 10.5. The SMILES string of the molecule is CCCCCC(=O)N1CCC(C(=O)N[C@@H](CC(=O)OC(C)(C)C)C(=O)COc2c(F)c(F)cc(F)c2F)CC1. The number of hydrogen-bond acceptors (Lipinski definition) is 6. The van der Waals surface area contributed by atoms with Gasteiger partial charge in [0.05, 0.1) is 6.42 Å². The number of esters is 1. The molecule has 0 spiro atoms. The van der Waals surface area contributed by atoms with E-state index in [0.717, 1.165) is 19.3 Å². The molecule has 0 bridgehead atoms. The molecule has 2 rings (SSSR count). The van der Waals surface area contributed by atoms with Gasteiger partial charge in [0.25, 0.3) is 0 Å². The molecule has 1 heterocycles. The predicted octanol–water partition coefficient (Wildman–Crippen LogP) is 4.23. The largest absolute Gasteiger partial charge is 0.479 e. The molecule has 8 nitrogen and oxygen atoms in total. The zero-order valence-electron chi connectivity index (χ0n) is 22.7. The van der Waals surface area contributed by atoms with Crippen LogP contribution in [0, 0.1) is 29.2 Å². The Morgan fingerprint density at radius 3 is 2.15 bits per heavy atom. The molecule has 0 unspecified atom stereocenters. The highest BCUT2D eigenvalue weighted by molar-refractivity contribution is 5.93. The summed E-state index contributed by atoms with van der Waals surface area (Å²) in [6.45, 7) is 6.48. The van der Waals surface area contributed by atoms with Crippen LogP contribution in [0.1, 0.15) is 72.6 Å². The smallest absolute Gasteiger partial charge is 0.308 e. The van der Waals surface area contributed by atoms with Crippen LogP contribution >= 0.6 is 0 Å². The fourth-order valence-electron chi connectivity index (χ4n) is 4.08. The molecule has 2 amide bonds. The van der Waals surface area contributed by atoms with Gasteiger partial charge in [-0.25, -0.2) is 8.78 Å². The molecular weight excluding hydrogens is 524 g/mol. The molecule has 1 fully saturated rings. The molecule has 0 aliphatic carbocycles. The first-order valence-electron chi connectivity index (χ1n) is 13.0. The number of amides is 2. The van der Waals surface area contributed by atoms with E-state index in [1.54, 1.807) is 25.7 Å². The minimum absolute atomic E-state index is 0.00501. The Labute approximate surface area is 225 Å². The summed E-state index contributed by atoms with van der Waals surface area (Å²) in [4.78, 5) is 52.3. The van der Waals surface area contributed by atoms with Gasteiger partial charge in [0, 0.05) is 31.5 Å². The molecule has 1 saturated heterocycles. The molecule has 1 atom stereocenters. The number of nitrogens with one attached hydrogen (secondary N) is 1. The number of rotatable bonds is 12. The Bertz CT molecular complexity index is 1030. The van der Waals surface area contributed by atoms with Gasteiger partial charge in [-0.05, 0) is 40.0 Å². The first-order chi connectivity index (χ1) is 18.2. The zero-order valence-corrected chi connectivity index (χ0v) is 22.7. The van der Waals surface area contributed by atoms with Gasteiger partial charge in [-0.2, -0.15) is 8.78 Å². The highest BCUT2D eigenvalue weighted by Gasteiger charge is 2.33. The number of ketones is 1. The summed E-state index contributed by atoms with van der Waals surface area (Å²) in [5.74, 6) is -11.4. The van der Waals surface area contributed by atoms with E-state index in [2.05, 4.69) is 5.32 Å². The highest BCUT2D eigenvalue weighted by atomic mass is 19.2. The van der Waals surface area contributed by atoms with E-state index >= 15 is 0 Å². The van der Waals surface area contributed by atoms with E-state index in [9.17, 15) is 36.7 Å². The maximum atomic E-state index is 13.9. The lowest BCUT2D eigenvalue weighted by Crippen LogP contribution is -2.49. The molecule has 12 heteroatoms. The lowest BCUT2D eigenvalue weighted by molar-refractivity contribution is -0.156. The number of halogens is 4. The third-order valence-corrected chi connectivity index (χ3v) is 6.14. The van der Waals surface area contributed by atoms with Crippen molar-refractivity contribution in [2.24, 2.45) is 5.92 Å². The van der Waals surface area contributed by atoms with Crippen molar-refractivity contribution in [2.45, 2.75) is 84.3 Å². The van der Waals surface area contributed by atoms with Crippen LogP contribution in [0.3, 0.4) is 0 Å². The van der Waals surface area contributed by atoms with Gasteiger partial charge >= 0.3 is 5.97 Å². The van der Waals surface area contributed by atoms with Crippen LogP contribution in [0.4, 0.5) is 17.6 Å². The zero-order chi connectivity index (χ0) is 29.3. The number of Topliss-reactive ketones (excluding diaryl/α,β-unsaturated/α-hetero) is 1. The van der Waals surface area contributed by atoms with Crippen LogP contribution in [0.5, 0.6) is 5.75 Å². The number of carbonyl (C=O) groups excluding carboxylic acids is 4. The van der Waals surface area contributed by atoms with Gasteiger partial charge < -0.3 is 19.7 Å². The standard InChI is InChI=1S/C27H36F4N2O6/c1-5-6-7-8-21(35)33-11-9-16(10-12-33)26(37)32-19(14-22(36)39-27(2,3)4)20(34)15-38-25-23(30)17(28)13-18(29)24(25)31/h13,16,19H,5-12,14-15H2,1-4H3,(H,32,37)/t19-/m0/s1. The molecule has 0 aromatic heterocycles.